The van der Waals surface area contributed by atoms with Crippen LogP contribution in [0.1, 0.15) is 39.0 Å². The highest BCUT2D eigenvalue weighted by Gasteiger charge is 2.39. The summed E-state index contributed by atoms with van der Waals surface area (Å²) in [5.41, 5.74) is 0. The summed E-state index contributed by atoms with van der Waals surface area (Å²) in [4.78, 5) is 0. The van der Waals surface area contributed by atoms with Crippen LogP contribution in [0.25, 0.3) is 0 Å². The van der Waals surface area contributed by atoms with E-state index in [-0.39, 0.29) is 0 Å². The van der Waals surface area contributed by atoms with Gasteiger partial charge in [-0.2, -0.15) is 0 Å². The summed E-state index contributed by atoms with van der Waals surface area (Å²) in [6, 6.07) is 0.560. The average molecular weight is 193 g/mol. The van der Waals surface area contributed by atoms with Crippen molar-refractivity contribution in [3.05, 3.63) is 12.7 Å². The van der Waals surface area contributed by atoms with Crippen LogP contribution >= 0.6 is 0 Å². The standard InChI is InChI=1S/C13H23N/c1-3-13(14-4-2)9-12-8-10-5-6-11(12)7-10/h3,10-14H,1,4-9H2,2H3. The molecule has 2 aliphatic carbocycles. The summed E-state index contributed by atoms with van der Waals surface area (Å²) in [6.45, 7) is 7.17. The third kappa shape index (κ3) is 2.03. The van der Waals surface area contributed by atoms with E-state index >= 15 is 0 Å². The maximum Gasteiger partial charge on any atom is 0.0250 e. The minimum Gasteiger partial charge on any atom is -0.311 e. The number of hydrogen-bond acceptors (Lipinski definition) is 1. The van der Waals surface area contributed by atoms with Crippen molar-refractivity contribution >= 4 is 0 Å². The van der Waals surface area contributed by atoms with E-state index in [4.69, 9.17) is 0 Å². The smallest absolute Gasteiger partial charge is 0.0250 e. The highest BCUT2D eigenvalue weighted by atomic mass is 14.9. The van der Waals surface area contributed by atoms with Crippen LogP contribution in [0, 0.1) is 17.8 Å². The summed E-state index contributed by atoms with van der Waals surface area (Å²) in [5.74, 6) is 3.13. The Hall–Kier alpha value is -0.300. The zero-order chi connectivity index (χ0) is 9.97. The van der Waals surface area contributed by atoms with Crippen LogP contribution in [-0.4, -0.2) is 12.6 Å². The third-order valence-corrected chi connectivity index (χ3v) is 4.19. The first-order valence-corrected chi connectivity index (χ1v) is 6.19. The van der Waals surface area contributed by atoms with Crippen molar-refractivity contribution in [1.82, 2.24) is 5.32 Å². The molecular formula is C13H23N. The van der Waals surface area contributed by atoms with Crippen LogP contribution in [0.5, 0.6) is 0 Å². The van der Waals surface area contributed by atoms with Crippen LogP contribution in [0.2, 0.25) is 0 Å². The van der Waals surface area contributed by atoms with Gasteiger partial charge in [0.05, 0.1) is 0 Å². The molecule has 0 amide bonds. The second kappa shape index (κ2) is 4.48. The lowest BCUT2D eigenvalue weighted by molar-refractivity contribution is 0.294. The molecule has 1 nitrogen and oxygen atoms in total. The van der Waals surface area contributed by atoms with Gasteiger partial charge >= 0.3 is 0 Å². The first-order chi connectivity index (χ1) is 6.83. The molecule has 4 unspecified atom stereocenters. The highest BCUT2D eigenvalue weighted by molar-refractivity contribution is 4.95. The van der Waals surface area contributed by atoms with E-state index < -0.39 is 0 Å². The van der Waals surface area contributed by atoms with Crippen LogP contribution < -0.4 is 5.32 Å². The van der Waals surface area contributed by atoms with Gasteiger partial charge in [0.2, 0.25) is 0 Å². The number of nitrogens with one attached hydrogen (secondary N) is 1. The van der Waals surface area contributed by atoms with E-state index in [2.05, 4.69) is 24.9 Å². The van der Waals surface area contributed by atoms with Gasteiger partial charge in [0.25, 0.3) is 0 Å². The normalized spacial score (nSPS) is 37.4. The van der Waals surface area contributed by atoms with Crippen molar-refractivity contribution in [2.45, 2.75) is 45.1 Å². The van der Waals surface area contributed by atoms with Crippen molar-refractivity contribution in [3.8, 4) is 0 Å². The summed E-state index contributed by atoms with van der Waals surface area (Å²) < 4.78 is 0. The molecule has 0 aromatic carbocycles. The maximum atomic E-state index is 3.92. The molecule has 0 aromatic heterocycles. The van der Waals surface area contributed by atoms with Crippen molar-refractivity contribution in [2.24, 2.45) is 17.8 Å². The van der Waals surface area contributed by atoms with Crippen LogP contribution in [0.3, 0.4) is 0 Å². The van der Waals surface area contributed by atoms with Gasteiger partial charge in [-0.3, -0.25) is 0 Å². The van der Waals surface area contributed by atoms with Gasteiger partial charge in [-0.15, -0.1) is 6.58 Å². The molecule has 2 saturated carbocycles. The van der Waals surface area contributed by atoms with Crippen molar-refractivity contribution in [2.75, 3.05) is 6.54 Å². The zero-order valence-electron chi connectivity index (χ0n) is 9.34. The van der Waals surface area contributed by atoms with Crippen molar-refractivity contribution in [1.29, 1.82) is 0 Å². The van der Waals surface area contributed by atoms with Crippen LogP contribution in [-0.2, 0) is 0 Å². The van der Waals surface area contributed by atoms with Crippen LogP contribution in [0.15, 0.2) is 12.7 Å². The molecular weight excluding hydrogens is 170 g/mol. The fourth-order valence-electron chi connectivity index (χ4n) is 3.52. The Morgan fingerprint density at radius 3 is 2.79 bits per heavy atom. The van der Waals surface area contributed by atoms with Gasteiger partial charge < -0.3 is 5.32 Å². The predicted octanol–water partition coefficient (Wildman–Crippen LogP) is 2.98. The summed E-state index contributed by atoms with van der Waals surface area (Å²) in [5, 5.41) is 3.50. The second-order valence-corrected chi connectivity index (χ2v) is 5.07. The van der Waals surface area contributed by atoms with E-state index in [0.29, 0.717) is 6.04 Å². The summed E-state index contributed by atoms with van der Waals surface area (Å²) in [6.07, 6.45) is 9.47. The minimum absolute atomic E-state index is 0.560. The molecule has 2 aliphatic rings. The molecule has 14 heavy (non-hydrogen) atoms. The van der Waals surface area contributed by atoms with Gasteiger partial charge in [-0.1, -0.05) is 19.4 Å². The molecule has 2 rings (SSSR count). The number of hydrogen-bond donors (Lipinski definition) is 1. The SMILES string of the molecule is C=CC(CC1CC2CCC1C2)NCC. The largest absolute Gasteiger partial charge is 0.311 e. The Bertz CT molecular complexity index is 199. The third-order valence-electron chi connectivity index (χ3n) is 4.19. The van der Waals surface area contributed by atoms with Gasteiger partial charge in [-0.05, 0) is 50.0 Å². The summed E-state index contributed by atoms with van der Waals surface area (Å²) >= 11 is 0. The molecule has 1 N–H and O–H groups in total. The zero-order valence-corrected chi connectivity index (χ0v) is 9.34. The Kier molecular flexibility index (Phi) is 3.27. The van der Waals surface area contributed by atoms with Gasteiger partial charge in [0.1, 0.15) is 0 Å². The predicted molar refractivity (Wildman–Crippen MR) is 61.2 cm³/mol. The van der Waals surface area contributed by atoms with E-state index in [1.54, 1.807) is 0 Å². The average Bonchev–Trinajstić information content (AvgIpc) is 2.78. The molecule has 2 fully saturated rings. The lowest BCUT2D eigenvalue weighted by atomic mass is 9.84. The lowest BCUT2D eigenvalue weighted by Gasteiger charge is -2.25. The van der Waals surface area contributed by atoms with Crippen molar-refractivity contribution in [3.63, 3.8) is 0 Å². The number of likely N-dealkylation sites (N-methyl/N-ethyl adjacent to an activating group) is 1. The Balaban J connectivity index is 1.82. The topological polar surface area (TPSA) is 12.0 Å². The molecule has 0 heterocycles. The highest BCUT2D eigenvalue weighted by Crippen LogP contribution is 2.49. The van der Waals surface area contributed by atoms with E-state index in [0.717, 1.165) is 24.3 Å². The Morgan fingerprint density at radius 1 is 1.43 bits per heavy atom. The number of rotatable bonds is 5. The summed E-state index contributed by atoms with van der Waals surface area (Å²) in [7, 11) is 0. The van der Waals surface area contributed by atoms with Gasteiger partial charge in [0.15, 0.2) is 0 Å². The molecule has 0 aromatic rings. The first-order valence-electron chi connectivity index (χ1n) is 6.19. The maximum absolute atomic E-state index is 3.92. The van der Waals surface area contributed by atoms with Gasteiger partial charge in [0, 0.05) is 6.04 Å². The monoisotopic (exact) mass is 193 g/mol. The second-order valence-electron chi connectivity index (χ2n) is 5.07. The molecule has 0 spiro atoms. The minimum atomic E-state index is 0.560. The van der Waals surface area contributed by atoms with E-state index in [1.807, 2.05) is 0 Å². The molecule has 0 aliphatic heterocycles. The molecule has 0 radical (unpaired) electrons. The molecule has 4 atom stereocenters. The van der Waals surface area contributed by atoms with Gasteiger partial charge in [-0.25, -0.2) is 0 Å². The van der Waals surface area contributed by atoms with Crippen LogP contribution in [0.4, 0.5) is 0 Å². The Labute approximate surface area is 88.0 Å². The van der Waals surface area contributed by atoms with Crippen molar-refractivity contribution < 1.29 is 0 Å². The molecule has 80 valence electrons. The first kappa shape index (κ1) is 10.2. The fourth-order valence-corrected chi connectivity index (χ4v) is 3.52. The fraction of sp³-hybridized carbons (Fsp3) is 0.846. The molecule has 2 bridgehead atoms. The van der Waals surface area contributed by atoms with E-state index in [9.17, 15) is 0 Å². The lowest BCUT2D eigenvalue weighted by Crippen LogP contribution is -2.30. The molecule has 1 heteroatoms. The number of fused-ring (bicyclic) bond motifs is 2. The van der Waals surface area contributed by atoms with E-state index in [1.165, 1.54) is 32.1 Å². The molecule has 0 saturated heterocycles. The quantitative estimate of drug-likeness (QED) is 0.662. The Morgan fingerprint density at radius 2 is 2.29 bits per heavy atom.